The van der Waals surface area contributed by atoms with Crippen molar-refractivity contribution in [2.75, 3.05) is 29.2 Å². The Morgan fingerprint density at radius 3 is 2.89 bits per heavy atom. The summed E-state index contributed by atoms with van der Waals surface area (Å²) in [5, 5.41) is -0.690. The normalized spacial score (nSPS) is 20.6. The molecule has 0 amide bonds. The largest absolute Gasteiger partial charge is 0.351 e. The Kier molecular flexibility index (Phi) is 4.63. The van der Waals surface area contributed by atoms with Crippen molar-refractivity contribution in [3.05, 3.63) is 29.6 Å². The lowest BCUT2D eigenvalue weighted by molar-refractivity contribution is 0.578. The number of rotatable bonds is 3. The van der Waals surface area contributed by atoms with E-state index in [2.05, 4.69) is 0 Å². The zero-order valence-corrected chi connectivity index (χ0v) is 12.9. The number of para-hydroxylation sites is 1. The molecule has 0 saturated carbocycles. The van der Waals surface area contributed by atoms with Gasteiger partial charge in [0.05, 0.1) is 5.69 Å². The van der Waals surface area contributed by atoms with Gasteiger partial charge < -0.3 is 4.90 Å². The van der Waals surface area contributed by atoms with Gasteiger partial charge in [0.2, 0.25) is 0 Å². The van der Waals surface area contributed by atoms with Gasteiger partial charge in [-0.15, -0.1) is 11.6 Å². The summed E-state index contributed by atoms with van der Waals surface area (Å²) in [7, 11) is -3.27. The van der Waals surface area contributed by atoms with E-state index in [1.807, 2.05) is 0 Å². The second kappa shape index (κ2) is 5.89. The smallest absolute Gasteiger partial charge is 0.169 e. The Balaban J connectivity index is 2.49. The monoisotopic (exact) mass is 323 g/mol. The lowest BCUT2D eigenvalue weighted by atomic mass is 10.1. The highest BCUT2D eigenvalue weighted by Gasteiger charge is 2.33. The van der Waals surface area contributed by atoms with E-state index < -0.39 is 21.0 Å². The average Bonchev–Trinajstić information content (AvgIpc) is 2.37. The highest BCUT2D eigenvalue weighted by atomic mass is 35.5. The van der Waals surface area contributed by atoms with Crippen molar-refractivity contribution in [3.63, 3.8) is 0 Å². The summed E-state index contributed by atoms with van der Waals surface area (Å²) in [5.41, 5.74) is 0.954. The predicted molar refractivity (Wildman–Crippen MR) is 79.3 cm³/mol. The van der Waals surface area contributed by atoms with Crippen LogP contribution in [-0.4, -0.2) is 38.1 Å². The van der Waals surface area contributed by atoms with Crippen LogP contribution in [0.2, 0.25) is 0 Å². The van der Waals surface area contributed by atoms with Gasteiger partial charge in [-0.25, -0.2) is 12.8 Å². The molecule has 0 radical (unpaired) electrons. The standard InChI is InChI=1S/C12H15ClFNO2S2/c1-19(16,17)11-8-18-6-5-15(11)12-9(7-13)3-2-4-10(12)14/h2-4,11H,5-8H2,1H3. The highest BCUT2D eigenvalue weighted by molar-refractivity contribution is 8.01. The quantitative estimate of drug-likeness (QED) is 0.801. The van der Waals surface area contributed by atoms with E-state index in [1.165, 1.54) is 12.3 Å². The third kappa shape index (κ3) is 3.17. The molecule has 2 rings (SSSR count). The van der Waals surface area contributed by atoms with Gasteiger partial charge in [0.15, 0.2) is 9.84 Å². The van der Waals surface area contributed by atoms with Crippen LogP contribution in [0.4, 0.5) is 10.1 Å². The molecule has 3 nitrogen and oxygen atoms in total. The third-order valence-corrected chi connectivity index (χ3v) is 6.01. The van der Waals surface area contributed by atoms with Gasteiger partial charge in [0, 0.05) is 30.2 Å². The molecule has 1 saturated heterocycles. The van der Waals surface area contributed by atoms with E-state index in [0.29, 0.717) is 23.5 Å². The summed E-state index contributed by atoms with van der Waals surface area (Å²) < 4.78 is 37.8. The Hall–Kier alpha value is -0.460. The lowest BCUT2D eigenvalue weighted by Gasteiger charge is -2.37. The first-order valence-electron chi connectivity index (χ1n) is 5.81. The van der Waals surface area contributed by atoms with Crippen LogP contribution in [0.1, 0.15) is 5.56 Å². The molecule has 0 spiro atoms. The van der Waals surface area contributed by atoms with E-state index in [0.717, 1.165) is 5.75 Å². The van der Waals surface area contributed by atoms with Gasteiger partial charge in [-0.05, 0) is 11.6 Å². The van der Waals surface area contributed by atoms with Crippen molar-refractivity contribution in [1.82, 2.24) is 0 Å². The molecule has 1 atom stereocenters. The topological polar surface area (TPSA) is 37.4 Å². The number of hydrogen-bond acceptors (Lipinski definition) is 4. The van der Waals surface area contributed by atoms with Crippen LogP contribution in [-0.2, 0) is 15.7 Å². The van der Waals surface area contributed by atoms with E-state index in [-0.39, 0.29) is 5.88 Å². The summed E-state index contributed by atoms with van der Waals surface area (Å²) >= 11 is 7.41. The Bertz CT molecular complexity index is 565. The van der Waals surface area contributed by atoms with Crippen molar-refractivity contribution < 1.29 is 12.8 Å². The minimum absolute atomic E-state index is 0.160. The molecule has 1 aromatic rings. The molecular formula is C12H15ClFNO2S2. The van der Waals surface area contributed by atoms with Crippen LogP contribution in [0, 0.1) is 5.82 Å². The number of nitrogens with zero attached hydrogens (tertiary/aromatic N) is 1. The van der Waals surface area contributed by atoms with E-state index in [9.17, 15) is 12.8 Å². The van der Waals surface area contributed by atoms with Crippen molar-refractivity contribution >= 4 is 38.9 Å². The molecule has 1 aromatic carbocycles. The van der Waals surface area contributed by atoms with E-state index >= 15 is 0 Å². The molecule has 0 bridgehead atoms. The first-order valence-corrected chi connectivity index (χ1v) is 9.46. The predicted octanol–water partition coefficient (Wildman–Crippen LogP) is 2.49. The molecule has 7 heteroatoms. The van der Waals surface area contributed by atoms with Gasteiger partial charge in [0.25, 0.3) is 0 Å². The minimum atomic E-state index is -3.27. The fourth-order valence-corrected chi connectivity index (χ4v) is 5.22. The number of anilines is 1. The fourth-order valence-electron chi connectivity index (χ4n) is 2.18. The molecule has 1 unspecified atom stereocenters. The Morgan fingerprint density at radius 2 is 2.26 bits per heavy atom. The van der Waals surface area contributed by atoms with Gasteiger partial charge in [0.1, 0.15) is 11.2 Å². The number of thioether (sulfide) groups is 1. The van der Waals surface area contributed by atoms with Crippen LogP contribution in [0.3, 0.4) is 0 Å². The maximum absolute atomic E-state index is 14.1. The van der Waals surface area contributed by atoms with Crippen LogP contribution in [0.25, 0.3) is 0 Å². The number of benzene rings is 1. The Morgan fingerprint density at radius 1 is 1.53 bits per heavy atom. The number of sulfone groups is 1. The summed E-state index contributed by atoms with van der Waals surface area (Å²) in [6.07, 6.45) is 1.19. The van der Waals surface area contributed by atoms with Crippen LogP contribution in [0.15, 0.2) is 18.2 Å². The molecule has 1 aliphatic heterocycles. The van der Waals surface area contributed by atoms with Crippen molar-refractivity contribution in [1.29, 1.82) is 0 Å². The molecular weight excluding hydrogens is 309 g/mol. The lowest BCUT2D eigenvalue weighted by Crippen LogP contribution is -2.47. The maximum Gasteiger partial charge on any atom is 0.169 e. The van der Waals surface area contributed by atoms with Crippen LogP contribution in [0.5, 0.6) is 0 Å². The fraction of sp³-hybridized carbons (Fsp3) is 0.500. The highest BCUT2D eigenvalue weighted by Crippen LogP contribution is 2.32. The molecule has 1 fully saturated rings. The second-order valence-corrected chi connectivity index (χ2v) is 8.05. The van der Waals surface area contributed by atoms with E-state index in [1.54, 1.807) is 28.8 Å². The zero-order valence-electron chi connectivity index (χ0n) is 10.5. The second-order valence-electron chi connectivity index (χ2n) is 4.43. The third-order valence-electron chi connectivity index (χ3n) is 3.08. The molecule has 106 valence electrons. The summed E-state index contributed by atoms with van der Waals surface area (Å²) in [5.74, 6) is 0.975. The first kappa shape index (κ1) is 14.9. The molecule has 0 N–H and O–H groups in total. The summed E-state index contributed by atoms with van der Waals surface area (Å²) in [6.45, 7) is 0.507. The van der Waals surface area contributed by atoms with Gasteiger partial charge in [-0.2, -0.15) is 11.8 Å². The van der Waals surface area contributed by atoms with Crippen molar-refractivity contribution in [3.8, 4) is 0 Å². The minimum Gasteiger partial charge on any atom is -0.351 e. The molecule has 1 aliphatic rings. The van der Waals surface area contributed by atoms with Gasteiger partial charge >= 0.3 is 0 Å². The molecule has 1 heterocycles. The number of halogens is 2. The average molecular weight is 324 g/mol. The molecule has 0 aromatic heterocycles. The number of hydrogen-bond donors (Lipinski definition) is 0. The van der Waals surface area contributed by atoms with Crippen LogP contribution < -0.4 is 4.90 Å². The first-order chi connectivity index (χ1) is 8.95. The SMILES string of the molecule is CS(=O)(=O)C1CSCCN1c1c(F)cccc1CCl. The van der Waals surface area contributed by atoms with Crippen LogP contribution >= 0.6 is 23.4 Å². The van der Waals surface area contributed by atoms with Crippen molar-refractivity contribution in [2.24, 2.45) is 0 Å². The number of alkyl halides is 1. The molecule has 0 aliphatic carbocycles. The van der Waals surface area contributed by atoms with Gasteiger partial charge in [-0.1, -0.05) is 12.1 Å². The molecule has 19 heavy (non-hydrogen) atoms. The van der Waals surface area contributed by atoms with Crippen molar-refractivity contribution in [2.45, 2.75) is 11.3 Å². The maximum atomic E-state index is 14.1. The van der Waals surface area contributed by atoms with Gasteiger partial charge in [-0.3, -0.25) is 0 Å². The Labute approximate surface area is 122 Å². The summed E-state index contributed by atoms with van der Waals surface area (Å²) in [4.78, 5) is 1.64. The summed E-state index contributed by atoms with van der Waals surface area (Å²) in [6, 6.07) is 4.66. The van der Waals surface area contributed by atoms with E-state index in [4.69, 9.17) is 11.6 Å². The zero-order chi connectivity index (χ0) is 14.0.